The third-order valence-electron chi connectivity index (χ3n) is 4.77. The highest BCUT2D eigenvalue weighted by atomic mass is 32.2. The number of sulfonamides is 1. The van der Waals surface area contributed by atoms with Gasteiger partial charge in [0.1, 0.15) is 13.2 Å². The summed E-state index contributed by atoms with van der Waals surface area (Å²) in [7, 11) is -2.53. The van der Waals surface area contributed by atoms with E-state index in [4.69, 9.17) is 14.7 Å². The van der Waals surface area contributed by atoms with Crippen molar-refractivity contribution in [2.75, 3.05) is 26.8 Å². The van der Waals surface area contributed by atoms with Crippen molar-refractivity contribution in [3.63, 3.8) is 0 Å². The molecule has 0 unspecified atom stereocenters. The molecule has 158 valence electrons. The van der Waals surface area contributed by atoms with E-state index in [9.17, 15) is 13.2 Å². The van der Waals surface area contributed by atoms with Gasteiger partial charge in [0, 0.05) is 7.05 Å². The van der Waals surface area contributed by atoms with Crippen LogP contribution < -0.4 is 14.8 Å². The average molecular weight is 429 g/mol. The van der Waals surface area contributed by atoms with Gasteiger partial charge in [-0.2, -0.15) is 9.57 Å². The summed E-state index contributed by atoms with van der Waals surface area (Å²) in [6.45, 7) is 4.25. The predicted octanol–water partition coefficient (Wildman–Crippen LogP) is 2.00. The Morgan fingerprint density at radius 1 is 1.13 bits per heavy atom. The number of nitriles is 1. The second-order valence-electron chi connectivity index (χ2n) is 7.43. The molecule has 1 aliphatic heterocycles. The van der Waals surface area contributed by atoms with Crippen molar-refractivity contribution in [2.24, 2.45) is 0 Å². The van der Waals surface area contributed by atoms with Gasteiger partial charge in [-0.1, -0.05) is 6.07 Å². The van der Waals surface area contributed by atoms with Gasteiger partial charge in [-0.3, -0.25) is 4.79 Å². The Labute approximate surface area is 176 Å². The number of amides is 1. The van der Waals surface area contributed by atoms with Crippen LogP contribution in [0.15, 0.2) is 47.4 Å². The number of hydrogen-bond donors (Lipinski definition) is 1. The predicted molar refractivity (Wildman–Crippen MR) is 110 cm³/mol. The van der Waals surface area contributed by atoms with E-state index in [0.29, 0.717) is 30.3 Å². The van der Waals surface area contributed by atoms with Gasteiger partial charge in [-0.15, -0.1) is 0 Å². The topological polar surface area (TPSA) is 109 Å². The van der Waals surface area contributed by atoms with Crippen LogP contribution in [0.25, 0.3) is 0 Å². The Kier molecular flexibility index (Phi) is 6.01. The molecule has 0 radical (unpaired) electrons. The Morgan fingerprint density at radius 2 is 1.77 bits per heavy atom. The quantitative estimate of drug-likeness (QED) is 0.752. The van der Waals surface area contributed by atoms with Crippen LogP contribution in [0.1, 0.15) is 25.0 Å². The van der Waals surface area contributed by atoms with Crippen molar-refractivity contribution >= 4 is 15.9 Å². The fraction of sp³-hybridized carbons (Fsp3) is 0.333. The molecule has 0 fully saturated rings. The molecule has 0 saturated carbocycles. The summed E-state index contributed by atoms with van der Waals surface area (Å²) in [5.74, 6) is 0.816. The first-order valence-electron chi connectivity index (χ1n) is 9.31. The van der Waals surface area contributed by atoms with Crippen LogP contribution in [0.4, 0.5) is 0 Å². The van der Waals surface area contributed by atoms with Crippen molar-refractivity contribution in [3.05, 3.63) is 53.6 Å². The molecule has 1 N–H and O–H groups in total. The molecule has 0 saturated heterocycles. The number of ether oxygens (including phenoxy) is 2. The molecule has 9 heteroatoms. The number of fused-ring (bicyclic) bond motifs is 1. The molecule has 1 aliphatic rings. The van der Waals surface area contributed by atoms with Gasteiger partial charge in [0.2, 0.25) is 15.9 Å². The van der Waals surface area contributed by atoms with Gasteiger partial charge >= 0.3 is 0 Å². The lowest BCUT2D eigenvalue weighted by Crippen LogP contribution is -2.46. The maximum Gasteiger partial charge on any atom is 0.243 e. The van der Waals surface area contributed by atoms with E-state index in [1.807, 2.05) is 32.0 Å². The van der Waals surface area contributed by atoms with E-state index >= 15 is 0 Å². The Hall–Kier alpha value is -3.09. The van der Waals surface area contributed by atoms with Gasteiger partial charge < -0.3 is 14.8 Å². The number of nitrogens with zero attached hydrogens (tertiary/aromatic N) is 2. The van der Waals surface area contributed by atoms with E-state index in [-0.39, 0.29) is 11.4 Å². The summed E-state index contributed by atoms with van der Waals surface area (Å²) in [6.07, 6.45) is 0. The smallest absolute Gasteiger partial charge is 0.243 e. The number of nitrogens with one attached hydrogen (secondary N) is 1. The molecule has 0 bridgehead atoms. The summed E-state index contributed by atoms with van der Waals surface area (Å²) >= 11 is 0. The maximum atomic E-state index is 12.7. The lowest BCUT2D eigenvalue weighted by Gasteiger charge is -2.29. The largest absolute Gasteiger partial charge is 0.486 e. The molecule has 30 heavy (non-hydrogen) atoms. The zero-order chi connectivity index (χ0) is 21.9. The van der Waals surface area contributed by atoms with E-state index in [2.05, 4.69) is 5.32 Å². The first-order valence-corrected chi connectivity index (χ1v) is 10.7. The third-order valence-corrected chi connectivity index (χ3v) is 6.59. The Morgan fingerprint density at radius 3 is 2.40 bits per heavy atom. The number of likely N-dealkylation sites (N-methyl/N-ethyl adjacent to an activating group) is 1. The van der Waals surface area contributed by atoms with E-state index < -0.39 is 21.5 Å². The number of hydrogen-bond acceptors (Lipinski definition) is 6. The summed E-state index contributed by atoms with van der Waals surface area (Å²) in [5, 5.41) is 11.7. The van der Waals surface area contributed by atoms with Gasteiger partial charge in [0.05, 0.1) is 28.6 Å². The van der Waals surface area contributed by atoms with Crippen LogP contribution in [-0.2, 0) is 20.4 Å². The number of benzene rings is 2. The monoisotopic (exact) mass is 429 g/mol. The van der Waals surface area contributed by atoms with Crippen molar-refractivity contribution in [3.8, 4) is 17.6 Å². The lowest BCUT2D eigenvalue weighted by atomic mass is 9.93. The van der Waals surface area contributed by atoms with Gasteiger partial charge in [-0.05, 0) is 55.8 Å². The summed E-state index contributed by atoms with van der Waals surface area (Å²) in [4.78, 5) is 12.6. The summed E-state index contributed by atoms with van der Waals surface area (Å²) in [5.41, 5.74) is 0.402. The van der Waals surface area contributed by atoms with Gasteiger partial charge in [0.15, 0.2) is 11.5 Å². The zero-order valence-corrected chi connectivity index (χ0v) is 17.8. The molecule has 1 amide bonds. The first-order chi connectivity index (χ1) is 14.1. The number of carbonyl (C=O) groups is 1. The SMILES string of the molecule is CN(CC(=O)NC(C)(C)c1ccc2c(c1)OCCO2)S(=O)(=O)c1ccc(C#N)cc1. The number of carbonyl (C=O) groups excluding carboxylic acids is 1. The Bertz CT molecular complexity index is 1090. The molecule has 1 heterocycles. The highest BCUT2D eigenvalue weighted by Crippen LogP contribution is 2.34. The standard InChI is InChI=1S/C21H23N3O5S/c1-21(2,16-6-9-18-19(12-16)29-11-10-28-18)23-20(25)14-24(3)30(26,27)17-7-4-15(13-22)5-8-17/h4-9,12H,10-11,14H2,1-3H3,(H,23,25). The third kappa shape index (κ3) is 4.56. The molecule has 0 spiro atoms. The summed E-state index contributed by atoms with van der Waals surface area (Å²) < 4.78 is 37.5. The average Bonchev–Trinajstić information content (AvgIpc) is 2.72. The second kappa shape index (κ2) is 8.34. The molecule has 3 rings (SSSR count). The molecule has 8 nitrogen and oxygen atoms in total. The minimum Gasteiger partial charge on any atom is -0.486 e. The molecular formula is C21H23N3O5S. The lowest BCUT2D eigenvalue weighted by molar-refractivity contribution is -0.122. The van der Waals surface area contributed by atoms with Crippen molar-refractivity contribution < 1.29 is 22.7 Å². The molecule has 0 atom stereocenters. The second-order valence-corrected chi connectivity index (χ2v) is 9.47. The Balaban J connectivity index is 1.69. The van der Waals surface area contributed by atoms with Crippen LogP contribution >= 0.6 is 0 Å². The maximum absolute atomic E-state index is 12.7. The zero-order valence-electron chi connectivity index (χ0n) is 17.0. The molecule has 2 aromatic carbocycles. The van der Waals surface area contributed by atoms with E-state index in [0.717, 1.165) is 9.87 Å². The molecule has 2 aromatic rings. The first kappa shape index (κ1) is 21.6. The van der Waals surface area contributed by atoms with Crippen LogP contribution in [0, 0.1) is 11.3 Å². The van der Waals surface area contributed by atoms with Crippen molar-refractivity contribution in [2.45, 2.75) is 24.3 Å². The highest BCUT2D eigenvalue weighted by molar-refractivity contribution is 7.89. The van der Waals surface area contributed by atoms with Gasteiger partial charge in [-0.25, -0.2) is 8.42 Å². The number of rotatable bonds is 6. The molecule has 0 aliphatic carbocycles. The van der Waals surface area contributed by atoms with Crippen molar-refractivity contribution in [1.29, 1.82) is 5.26 Å². The minimum absolute atomic E-state index is 0.0166. The fourth-order valence-electron chi connectivity index (χ4n) is 3.06. The molecular weight excluding hydrogens is 406 g/mol. The van der Waals surface area contributed by atoms with Gasteiger partial charge in [0.25, 0.3) is 0 Å². The molecule has 0 aromatic heterocycles. The van der Waals surface area contributed by atoms with Crippen LogP contribution in [0.5, 0.6) is 11.5 Å². The van der Waals surface area contributed by atoms with Crippen LogP contribution in [0.3, 0.4) is 0 Å². The van der Waals surface area contributed by atoms with E-state index in [1.54, 1.807) is 6.07 Å². The normalized spacial score (nSPS) is 13.6. The van der Waals surface area contributed by atoms with Crippen molar-refractivity contribution in [1.82, 2.24) is 9.62 Å². The summed E-state index contributed by atoms with van der Waals surface area (Å²) in [6, 6.07) is 12.9. The van der Waals surface area contributed by atoms with Crippen LogP contribution in [-0.4, -0.2) is 45.4 Å². The highest BCUT2D eigenvalue weighted by Gasteiger charge is 2.28. The van der Waals surface area contributed by atoms with Crippen LogP contribution in [0.2, 0.25) is 0 Å². The minimum atomic E-state index is -3.86. The fourth-order valence-corrected chi connectivity index (χ4v) is 4.19. The van der Waals surface area contributed by atoms with E-state index in [1.165, 1.54) is 31.3 Å².